The van der Waals surface area contributed by atoms with Crippen molar-refractivity contribution in [3.05, 3.63) is 47.1 Å². The number of nitrogens with two attached hydrogens (primary N) is 1. The molecule has 2 aromatic rings. The number of hydrogen-bond donors (Lipinski definition) is 1. The highest BCUT2D eigenvalue weighted by molar-refractivity contribution is 7.17. The minimum absolute atomic E-state index is 0. The molecule has 142 valence electrons. The maximum atomic E-state index is 13.0. The molecular formula is C19H24ClFN2O2S. The van der Waals surface area contributed by atoms with Crippen LogP contribution in [0.3, 0.4) is 0 Å². The molecule has 1 aliphatic heterocycles. The number of likely N-dealkylation sites (tertiary alicyclic amines) is 1. The van der Waals surface area contributed by atoms with Gasteiger partial charge in [0.15, 0.2) is 0 Å². The van der Waals surface area contributed by atoms with Crippen molar-refractivity contribution in [3.8, 4) is 10.4 Å². The summed E-state index contributed by atoms with van der Waals surface area (Å²) in [4.78, 5) is 16.3. The summed E-state index contributed by atoms with van der Waals surface area (Å²) in [6.07, 6.45) is 2.84. The Labute approximate surface area is 163 Å². The molecule has 0 atom stereocenters. The van der Waals surface area contributed by atoms with Gasteiger partial charge in [-0.15, -0.1) is 23.7 Å². The monoisotopic (exact) mass is 398 g/mol. The normalized spacial score (nSPS) is 14.9. The van der Waals surface area contributed by atoms with E-state index in [0.717, 1.165) is 47.7 Å². The van der Waals surface area contributed by atoms with Gasteiger partial charge in [-0.3, -0.25) is 4.79 Å². The van der Waals surface area contributed by atoms with Gasteiger partial charge < -0.3 is 15.4 Å². The highest BCUT2D eigenvalue weighted by atomic mass is 35.5. The van der Waals surface area contributed by atoms with Gasteiger partial charge in [-0.1, -0.05) is 12.1 Å². The number of hydrogen-bond acceptors (Lipinski definition) is 4. The number of thiophene rings is 1. The van der Waals surface area contributed by atoms with Crippen molar-refractivity contribution in [3.63, 3.8) is 0 Å². The largest absolute Gasteiger partial charge is 0.378 e. The van der Waals surface area contributed by atoms with Crippen LogP contribution in [0.25, 0.3) is 10.4 Å². The first kappa shape index (κ1) is 20.8. The Bertz CT molecular complexity index is 700. The van der Waals surface area contributed by atoms with Crippen molar-refractivity contribution in [1.82, 2.24) is 4.90 Å². The van der Waals surface area contributed by atoms with Gasteiger partial charge in [0, 0.05) is 24.6 Å². The van der Waals surface area contributed by atoms with Crippen LogP contribution < -0.4 is 5.73 Å². The number of rotatable bonds is 6. The highest BCUT2D eigenvalue weighted by Crippen LogP contribution is 2.29. The molecule has 2 heterocycles. The van der Waals surface area contributed by atoms with Crippen molar-refractivity contribution < 1.29 is 13.9 Å². The van der Waals surface area contributed by atoms with E-state index in [1.165, 1.54) is 23.5 Å². The maximum absolute atomic E-state index is 13.0. The van der Waals surface area contributed by atoms with Crippen LogP contribution in [0.5, 0.6) is 0 Å². The number of nitrogens with zero attached hydrogens (tertiary/aromatic N) is 1. The number of benzene rings is 1. The van der Waals surface area contributed by atoms with E-state index in [2.05, 4.69) is 0 Å². The summed E-state index contributed by atoms with van der Waals surface area (Å²) in [5, 5.41) is 0. The topological polar surface area (TPSA) is 55.6 Å². The zero-order valence-corrected chi connectivity index (χ0v) is 16.2. The van der Waals surface area contributed by atoms with Crippen LogP contribution in [0.2, 0.25) is 0 Å². The Kier molecular flexibility index (Phi) is 8.03. The number of piperidine rings is 1. The lowest BCUT2D eigenvalue weighted by Gasteiger charge is -2.31. The van der Waals surface area contributed by atoms with Crippen LogP contribution in [-0.2, 0) is 4.74 Å². The lowest BCUT2D eigenvalue weighted by molar-refractivity contribution is 0.00858. The fraction of sp³-hybridized carbons (Fsp3) is 0.421. The quantitative estimate of drug-likeness (QED) is 0.749. The molecule has 1 aliphatic rings. The van der Waals surface area contributed by atoms with Crippen LogP contribution in [0, 0.1) is 5.82 Å². The van der Waals surface area contributed by atoms with Gasteiger partial charge in [0.1, 0.15) is 5.82 Å². The van der Waals surface area contributed by atoms with Crippen LogP contribution in [-0.4, -0.2) is 43.2 Å². The summed E-state index contributed by atoms with van der Waals surface area (Å²) in [6, 6.07) is 10.1. The molecule has 2 N–H and O–H groups in total. The molecule has 26 heavy (non-hydrogen) atoms. The fourth-order valence-electron chi connectivity index (χ4n) is 2.94. The second-order valence-corrected chi connectivity index (χ2v) is 7.26. The van der Waals surface area contributed by atoms with Gasteiger partial charge in [-0.2, -0.15) is 0 Å². The molecule has 0 unspecified atom stereocenters. The van der Waals surface area contributed by atoms with Crippen LogP contribution in [0.4, 0.5) is 4.39 Å². The molecule has 0 spiro atoms. The summed E-state index contributed by atoms with van der Waals surface area (Å²) >= 11 is 1.45. The second kappa shape index (κ2) is 10.0. The van der Waals surface area contributed by atoms with Gasteiger partial charge in [0.2, 0.25) is 0 Å². The van der Waals surface area contributed by atoms with E-state index in [-0.39, 0.29) is 30.2 Å². The maximum Gasteiger partial charge on any atom is 0.263 e. The van der Waals surface area contributed by atoms with Gasteiger partial charge in [0.05, 0.1) is 11.0 Å². The molecular weight excluding hydrogens is 375 g/mol. The standard InChI is InChI=1S/C19H23FN2O2S.ClH/c20-15-4-2-14(3-5-15)17-6-7-18(25-17)19(23)22-11-8-16(9-12-22)24-13-1-10-21;/h2-7,16H,1,8-13,21H2;1H. The predicted molar refractivity (Wildman–Crippen MR) is 106 cm³/mol. The number of carbonyl (C=O) groups is 1. The molecule has 4 nitrogen and oxygen atoms in total. The lowest BCUT2D eigenvalue weighted by Crippen LogP contribution is -2.40. The first-order chi connectivity index (χ1) is 12.2. The van der Waals surface area contributed by atoms with E-state index in [1.807, 2.05) is 17.0 Å². The zero-order valence-electron chi connectivity index (χ0n) is 14.5. The molecule has 1 amide bonds. The Balaban J connectivity index is 0.00000243. The van der Waals surface area contributed by atoms with Crippen LogP contribution in [0.15, 0.2) is 36.4 Å². The molecule has 0 bridgehead atoms. The Hall–Kier alpha value is -1.47. The Morgan fingerprint density at radius 3 is 2.54 bits per heavy atom. The zero-order chi connectivity index (χ0) is 17.6. The van der Waals surface area contributed by atoms with Crippen molar-refractivity contribution in [1.29, 1.82) is 0 Å². The SMILES string of the molecule is Cl.NCCCOC1CCN(C(=O)c2ccc(-c3ccc(F)cc3)s2)CC1. The third kappa shape index (κ3) is 5.27. The van der Waals surface area contributed by atoms with E-state index in [0.29, 0.717) is 13.2 Å². The summed E-state index contributed by atoms with van der Waals surface area (Å²) in [5.74, 6) is -0.188. The molecule has 1 aromatic carbocycles. The Morgan fingerprint density at radius 2 is 1.88 bits per heavy atom. The molecule has 0 aliphatic carbocycles. The van der Waals surface area contributed by atoms with E-state index >= 15 is 0 Å². The van der Waals surface area contributed by atoms with E-state index < -0.39 is 0 Å². The number of carbonyl (C=O) groups excluding carboxylic acids is 1. The molecule has 1 fully saturated rings. The number of halogens is 2. The summed E-state index contributed by atoms with van der Waals surface area (Å²) < 4.78 is 18.8. The predicted octanol–water partition coefficient (Wildman–Crippen LogP) is 3.95. The van der Waals surface area contributed by atoms with Crippen LogP contribution >= 0.6 is 23.7 Å². The average Bonchev–Trinajstić information content (AvgIpc) is 3.13. The molecule has 0 radical (unpaired) electrons. The van der Waals surface area contributed by atoms with E-state index in [1.54, 1.807) is 12.1 Å². The Morgan fingerprint density at radius 1 is 1.19 bits per heavy atom. The lowest BCUT2D eigenvalue weighted by atomic mass is 10.1. The van der Waals surface area contributed by atoms with Crippen molar-refractivity contribution in [2.75, 3.05) is 26.2 Å². The molecule has 7 heteroatoms. The van der Waals surface area contributed by atoms with Gasteiger partial charge in [0.25, 0.3) is 5.91 Å². The molecule has 1 aromatic heterocycles. The number of ether oxygens (including phenoxy) is 1. The minimum Gasteiger partial charge on any atom is -0.378 e. The van der Waals surface area contributed by atoms with Crippen molar-refractivity contribution >= 4 is 29.7 Å². The summed E-state index contributed by atoms with van der Waals surface area (Å²) in [7, 11) is 0. The van der Waals surface area contributed by atoms with Gasteiger partial charge in [-0.25, -0.2) is 4.39 Å². The van der Waals surface area contributed by atoms with Crippen LogP contribution in [0.1, 0.15) is 28.9 Å². The smallest absolute Gasteiger partial charge is 0.263 e. The first-order valence-electron chi connectivity index (χ1n) is 8.64. The van der Waals surface area contributed by atoms with E-state index in [9.17, 15) is 9.18 Å². The second-order valence-electron chi connectivity index (χ2n) is 6.18. The third-order valence-corrected chi connectivity index (χ3v) is 5.50. The van der Waals surface area contributed by atoms with Crippen molar-refractivity contribution in [2.24, 2.45) is 5.73 Å². The van der Waals surface area contributed by atoms with E-state index in [4.69, 9.17) is 10.5 Å². The molecule has 0 saturated carbocycles. The minimum atomic E-state index is -0.256. The third-order valence-electron chi connectivity index (χ3n) is 4.38. The average molecular weight is 399 g/mol. The van der Waals surface area contributed by atoms with Gasteiger partial charge >= 0.3 is 0 Å². The molecule has 1 saturated heterocycles. The highest BCUT2D eigenvalue weighted by Gasteiger charge is 2.25. The number of amides is 1. The first-order valence-corrected chi connectivity index (χ1v) is 9.46. The molecule has 3 rings (SSSR count). The van der Waals surface area contributed by atoms with Crippen molar-refractivity contribution in [2.45, 2.75) is 25.4 Å². The fourth-order valence-corrected chi connectivity index (χ4v) is 3.92. The van der Waals surface area contributed by atoms with Gasteiger partial charge in [-0.05, 0) is 55.6 Å². The summed E-state index contributed by atoms with van der Waals surface area (Å²) in [6.45, 7) is 2.78. The summed E-state index contributed by atoms with van der Waals surface area (Å²) in [5.41, 5.74) is 6.40.